The van der Waals surface area contributed by atoms with Crippen LogP contribution in [-0.4, -0.2) is 43.0 Å². The summed E-state index contributed by atoms with van der Waals surface area (Å²) in [6.45, 7) is 2.19. The van der Waals surface area contributed by atoms with Crippen LogP contribution in [0, 0.1) is 0 Å². The molecular formula is C19H20F3N3O4. The average molecular weight is 411 g/mol. The van der Waals surface area contributed by atoms with E-state index in [1.54, 1.807) is 0 Å². The third kappa shape index (κ3) is 4.42. The number of ether oxygens (including phenoxy) is 1. The highest BCUT2D eigenvalue weighted by Gasteiger charge is 2.49. The molecular weight excluding hydrogens is 391 g/mol. The first-order chi connectivity index (χ1) is 13.6. The molecule has 1 fully saturated rings. The molecule has 29 heavy (non-hydrogen) atoms. The number of esters is 1. The molecule has 1 spiro atoms. The van der Waals surface area contributed by atoms with Crippen LogP contribution in [0.15, 0.2) is 35.4 Å². The summed E-state index contributed by atoms with van der Waals surface area (Å²) >= 11 is 0. The number of anilines is 1. The first-order valence-electron chi connectivity index (χ1n) is 9.03. The third-order valence-electron chi connectivity index (χ3n) is 4.95. The maximum Gasteiger partial charge on any atom is 0.416 e. The van der Waals surface area contributed by atoms with E-state index in [2.05, 4.69) is 16.0 Å². The maximum absolute atomic E-state index is 12.8. The highest BCUT2D eigenvalue weighted by Crippen LogP contribution is 2.39. The van der Waals surface area contributed by atoms with Crippen molar-refractivity contribution >= 4 is 23.5 Å². The predicted molar refractivity (Wildman–Crippen MR) is 96.7 cm³/mol. The van der Waals surface area contributed by atoms with E-state index in [-0.39, 0.29) is 16.8 Å². The fraction of sp³-hybridized carbons (Fsp3) is 0.421. The molecule has 1 aromatic rings. The van der Waals surface area contributed by atoms with Gasteiger partial charge in [-0.15, -0.1) is 0 Å². The zero-order valence-electron chi connectivity index (χ0n) is 15.6. The minimum Gasteiger partial charge on any atom is -0.450 e. The predicted octanol–water partition coefficient (Wildman–Crippen LogP) is 1.76. The van der Waals surface area contributed by atoms with Gasteiger partial charge in [0.05, 0.1) is 17.7 Å². The number of benzene rings is 1. The number of carbonyl (C=O) groups is 3. The summed E-state index contributed by atoms with van der Waals surface area (Å²) < 4.78 is 43.7. The monoisotopic (exact) mass is 411 g/mol. The average Bonchev–Trinajstić information content (AvgIpc) is 2.89. The summed E-state index contributed by atoms with van der Waals surface area (Å²) in [6.07, 6.45) is -3.65. The quantitative estimate of drug-likeness (QED) is 0.656. The minimum atomic E-state index is -4.53. The van der Waals surface area contributed by atoms with Crippen LogP contribution in [0.2, 0.25) is 0 Å². The minimum absolute atomic E-state index is 0.0383. The summed E-state index contributed by atoms with van der Waals surface area (Å²) in [5.74, 6) is -1.86. The number of carbonyl (C=O) groups excluding carboxylic acids is 3. The van der Waals surface area contributed by atoms with Gasteiger partial charge in [-0.05, 0) is 38.2 Å². The van der Waals surface area contributed by atoms with Crippen molar-refractivity contribution in [2.24, 2.45) is 0 Å². The lowest BCUT2D eigenvalue weighted by Crippen LogP contribution is -2.48. The molecule has 0 unspecified atom stereocenters. The van der Waals surface area contributed by atoms with Crippen molar-refractivity contribution in [1.29, 1.82) is 0 Å². The molecule has 0 radical (unpaired) electrons. The smallest absolute Gasteiger partial charge is 0.416 e. The summed E-state index contributed by atoms with van der Waals surface area (Å²) in [7, 11) is 0. The van der Waals surface area contributed by atoms with Gasteiger partial charge >= 0.3 is 12.1 Å². The second kappa shape index (κ2) is 7.86. The Bertz CT molecular complexity index is 874. The number of hydrogen-bond donors (Lipinski definition) is 3. The van der Waals surface area contributed by atoms with Crippen molar-refractivity contribution in [2.75, 3.05) is 25.0 Å². The van der Waals surface area contributed by atoms with Gasteiger partial charge in [-0.2, -0.15) is 13.2 Å². The molecule has 1 aromatic carbocycles. The maximum atomic E-state index is 12.8. The topological polar surface area (TPSA) is 96.5 Å². The molecule has 2 heterocycles. The number of halogens is 3. The molecule has 2 amide bonds. The highest BCUT2D eigenvalue weighted by molar-refractivity contribution is 6.08. The van der Waals surface area contributed by atoms with E-state index in [9.17, 15) is 27.6 Å². The first-order valence-corrected chi connectivity index (χ1v) is 9.03. The zero-order valence-corrected chi connectivity index (χ0v) is 15.6. The molecule has 3 rings (SSSR count). The van der Waals surface area contributed by atoms with Gasteiger partial charge in [0.1, 0.15) is 5.60 Å². The molecule has 10 heteroatoms. The van der Waals surface area contributed by atoms with Gasteiger partial charge in [-0.3, -0.25) is 9.59 Å². The van der Waals surface area contributed by atoms with E-state index in [4.69, 9.17) is 4.74 Å². The van der Waals surface area contributed by atoms with Gasteiger partial charge in [-0.25, -0.2) is 4.79 Å². The second-order valence-electron chi connectivity index (χ2n) is 6.94. The molecule has 0 bridgehead atoms. The Kier molecular flexibility index (Phi) is 5.65. The van der Waals surface area contributed by atoms with Crippen molar-refractivity contribution in [3.05, 3.63) is 41.0 Å². The third-order valence-corrected chi connectivity index (χ3v) is 4.95. The fourth-order valence-corrected chi connectivity index (χ4v) is 3.54. The molecule has 0 atom stereocenters. The summed E-state index contributed by atoms with van der Waals surface area (Å²) in [5, 5.41) is 7.87. The van der Waals surface area contributed by atoms with Crippen LogP contribution >= 0.6 is 0 Å². The number of nitrogens with one attached hydrogen (secondary N) is 3. The summed E-state index contributed by atoms with van der Waals surface area (Å²) in [5.41, 5.74) is -1.54. The van der Waals surface area contributed by atoms with E-state index >= 15 is 0 Å². The van der Waals surface area contributed by atoms with Crippen LogP contribution in [0.25, 0.3) is 0 Å². The van der Waals surface area contributed by atoms with Crippen molar-refractivity contribution in [2.45, 2.75) is 31.5 Å². The highest BCUT2D eigenvalue weighted by atomic mass is 19.4. The largest absolute Gasteiger partial charge is 0.450 e. The molecule has 0 aliphatic carbocycles. The fourth-order valence-electron chi connectivity index (χ4n) is 3.54. The summed E-state index contributed by atoms with van der Waals surface area (Å²) in [6, 6.07) is 4.19. The lowest BCUT2D eigenvalue weighted by molar-refractivity contribution is -0.149. The Morgan fingerprint density at radius 1 is 1.24 bits per heavy atom. The molecule has 156 valence electrons. The first kappa shape index (κ1) is 20.8. The van der Waals surface area contributed by atoms with E-state index < -0.39 is 41.7 Å². The normalized spacial score (nSPS) is 18.6. The van der Waals surface area contributed by atoms with E-state index in [1.807, 2.05) is 0 Å². The second-order valence-corrected chi connectivity index (χ2v) is 6.94. The molecule has 1 saturated heterocycles. The lowest BCUT2D eigenvalue weighted by Gasteiger charge is -2.34. The van der Waals surface area contributed by atoms with Gasteiger partial charge in [0.15, 0.2) is 0 Å². The van der Waals surface area contributed by atoms with Crippen molar-refractivity contribution in [1.82, 2.24) is 10.6 Å². The Morgan fingerprint density at radius 2 is 1.93 bits per heavy atom. The van der Waals surface area contributed by atoms with Crippen molar-refractivity contribution < 1.29 is 32.3 Å². The van der Waals surface area contributed by atoms with Crippen LogP contribution in [-0.2, 0) is 25.3 Å². The Hall–Kier alpha value is -2.88. The lowest BCUT2D eigenvalue weighted by atomic mass is 9.83. The Morgan fingerprint density at radius 3 is 2.59 bits per heavy atom. The van der Waals surface area contributed by atoms with Gasteiger partial charge in [0.2, 0.25) is 5.91 Å². The molecule has 2 aliphatic heterocycles. The van der Waals surface area contributed by atoms with Gasteiger partial charge in [0.25, 0.3) is 5.91 Å². The molecule has 7 nitrogen and oxygen atoms in total. The summed E-state index contributed by atoms with van der Waals surface area (Å²) in [4.78, 5) is 36.7. The number of alkyl halides is 3. The van der Waals surface area contributed by atoms with Crippen LogP contribution in [0.4, 0.5) is 18.9 Å². The van der Waals surface area contributed by atoms with Crippen molar-refractivity contribution in [3.8, 4) is 0 Å². The Labute approximate surface area is 164 Å². The van der Waals surface area contributed by atoms with E-state index in [0.717, 1.165) is 12.1 Å². The number of rotatable bonds is 4. The van der Waals surface area contributed by atoms with Crippen LogP contribution in [0.3, 0.4) is 0 Å². The number of amides is 2. The molecule has 0 saturated carbocycles. The zero-order chi connectivity index (χ0) is 21.2. The van der Waals surface area contributed by atoms with E-state index in [1.165, 1.54) is 19.1 Å². The number of piperidine rings is 1. The van der Waals surface area contributed by atoms with Crippen LogP contribution in [0.5, 0.6) is 0 Å². The Balaban J connectivity index is 1.64. The molecule has 0 aromatic heterocycles. The molecule has 2 aliphatic rings. The molecule has 3 N–H and O–H groups in total. The van der Waals surface area contributed by atoms with Crippen LogP contribution in [0.1, 0.15) is 25.3 Å². The van der Waals surface area contributed by atoms with Gasteiger partial charge < -0.3 is 20.7 Å². The standard InChI is InChI=1S/C19H20F3N3O4/c1-11-15(18(29-17(11)28)5-7-23-8-6-18)16(27)24-10-14(26)25-13-4-2-3-12(9-13)19(20,21)22/h2-4,9,23H,5-8,10H2,1H3,(H,24,27)(H,25,26). The van der Waals surface area contributed by atoms with Crippen LogP contribution < -0.4 is 16.0 Å². The number of hydrogen-bond acceptors (Lipinski definition) is 5. The van der Waals surface area contributed by atoms with Crippen molar-refractivity contribution in [3.63, 3.8) is 0 Å². The van der Waals surface area contributed by atoms with Gasteiger partial charge in [0, 0.05) is 24.1 Å². The van der Waals surface area contributed by atoms with Gasteiger partial charge in [-0.1, -0.05) is 6.07 Å². The SMILES string of the molecule is CC1=C(C(=O)NCC(=O)Nc2cccc(C(F)(F)F)c2)C2(CCNCC2)OC1=O. The van der Waals surface area contributed by atoms with E-state index in [0.29, 0.717) is 25.9 Å².